The number of carboxylic acids is 1. The van der Waals surface area contributed by atoms with Crippen LogP contribution in [0.3, 0.4) is 0 Å². The smallest absolute Gasteiger partial charge is 0.748 e. The first-order chi connectivity index (χ1) is 19.3. The molecule has 0 atom stereocenters. The summed E-state index contributed by atoms with van der Waals surface area (Å²) in [5.41, 5.74) is 1.87. The van der Waals surface area contributed by atoms with Crippen molar-refractivity contribution in [1.82, 2.24) is 10.3 Å². The summed E-state index contributed by atoms with van der Waals surface area (Å²) in [6, 6.07) is 7.73. The predicted molar refractivity (Wildman–Crippen MR) is 142 cm³/mol. The first kappa shape index (κ1) is 39.4. The molecule has 1 aromatic carbocycles. The number of pyridine rings is 1. The number of anilines is 1. The van der Waals surface area contributed by atoms with Crippen LogP contribution in [0.2, 0.25) is 0 Å². The number of nitrogens with one attached hydrogen (secondary N) is 1. The number of carbonyl (C=O) groups is 2. The van der Waals surface area contributed by atoms with Gasteiger partial charge in [-0.25, -0.2) is 31.2 Å². The Morgan fingerprint density at radius 1 is 0.907 bits per heavy atom. The van der Waals surface area contributed by atoms with Crippen LogP contribution in [-0.4, -0.2) is 67.5 Å². The minimum atomic E-state index is -4.47. The molecule has 2 heterocycles. The first-order valence-electron chi connectivity index (χ1n) is 12.8. The fourth-order valence-corrected chi connectivity index (χ4v) is 4.95. The third kappa shape index (κ3) is 14.4. The number of rotatable bonds is 16. The molecule has 43 heavy (non-hydrogen) atoms. The Morgan fingerprint density at radius 2 is 1.56 bits per heavy atom. The molecule has 0 bridgehead atoms. The third-order valence-corrected chi connectivity index (χ3v) is 7.56. The van der Waals surface area contributed by atoms with Gasteiger partial charge in [0.15, 0.2) is 18.0 Å². The number of aromatic nitrogens is 2. The number of nitrogens with zero attached hydrogens (tertiary/aromatic N) is 3. The van der Waals surface area contributed by atoms with Crippen molar-refractivity contribution in [3.05, 3.63) is 42.7 Å². The average molecular weight is 657 g/mol. The van der Waals surface area contributed by atoms with Gasteiger partial charge in [-0.15, -0.1) is 0 Å². The first-order valence-corrected chi connectivity index (χ1v) is 16.0. The topological polar surface area (TPSA) is 217 Å². The standard InChI is InChI=1S/C25H32N4O10S2.2Na/c30-23(31)6-2-1-3-11-26-25(32)29(13-5-17-41(36,37)38)20-7-8-21-22(18-20)39-24(27-21)19-9-14-28(15-10-19)12-4-16-40(33,34)35;;/h7-10,14-15,18H,1-6,11-13,16-17H2,(H3-,26,30,31,32,33,34,35,36,37,38);;/q;2*+1/p-2. The van der Waals surface area contributed by atoms with E-state index in [1.54, 1.807) is 47.3 Å². The van der Waals surface area contributed by atoms with E-state index in [0.717, 1.165) is 0 Å². The predicted octanol–water partition coefficient (Wildman–Crippen LogP) is -5.51. The number of hydrogen-bond donors (Lipinski definition) is 1. The van der Waals surface area contributed by atoms with E-state index in [2.05, 4.69) is 10.3 Å². The number of unbranched alkanes of at least 4 members (excludes halogenated alkanes) is 2. The Kier molecular flexibility index (Phi) is 16.9. The molecule has 1 N–H and O–H groups in total. The summed E-state index contributed by atoms with van der Waals surface area (Å²) >= 11 is 0. The Balaban J connectivity index is 0.00000462. The number of benzene rings is 1. The summed E-state index contributed by atoms with van der Waals surface area (Å²) in [7, 11) is -8.75. The van der Waals surface area contributed by atoms with Gasteiger partial charge in [-0.1, -0.05) is 6.42 Å². The molecule has 0 saturated heterocycles. The molecule has 0 aliphatic rings. The van der Waals surface area contributed by atoms with Crippen molar-refractivity contribution in [2.45, 2.75) is 45.1 Å². The molecule has 0 aliphatic heterocycles. The molecule has 3 aromatic rings. The van der Waals surface area contributed by atoms with Crippen molar-refractivity contribution >= 4 is 49.0 Å². The molecule has 18 heteroatoms. The van der Waals surface area contributed by atoms with E-state index >= 15 is 0 Å². The Bertz CT molecular complexity index is 1570. The largest absolute Gasteiger partial charge is 1.00 e. The van der Waals surface area contributed by atoms with Crippen molar-refractivity contribution in [2.75, 3.05) is 29.5 Å². The van der Waals surface area contributed by atoms with Crippen LogP contribution in [0.5, 0.6) is 0 Å². The minimum Gasteiger partial charge on any atom is -0.748 e. The molecule has 2 amide bonds. The zero-order chi connectivity index (χ0) is 30.0. The second-order valence-corrected chi connectivity index (χ2v) is 12.3. The molecule has 0 aliphatic carbocycles. The molecular formula is C25H30N4Na2O10S2. The summed E-state index contributed by atoms with van der Waals surface area (Å²) in [6.45, 7) is 0.540. The number of urea groups is 1. The summed E-state index contributed by atoms with van der Waals surface area (Å²) in [5, 5.41) is 13.2. The number of fused-ring (bicyclic) bond motifs is 1. The van der Waals surface area contributed by atoms with Crippen molar-refractivity contribution in [3.8, 4) is 11.5 Å². The Labute approximate surface area is 294 Å². The van der Waals surface area contributed by atoms with Crippen LogP contribution in [0.4, 0.5) is 10.5 Å². The summed E-state index contributed by atoms with van der Waals surface area (Å²) < 4.78 is 73.2. The van der Waals surface area contributed by atoms with E-state index in [1.165, 1.54) is 4.90 Å². The van der Waals surface area contributed by atoms with Crippen LogP contribution in [0.1, 0.15) is 38.5 Å². The quantitative estimate of drug-likeness (QED) is 0.0664. The fraction of sp³-hybridized carbons (Fsp3) is 0.440. The summed E-state index contributed by atoms with van der Waals surface area (Å²) in [5.74, 6) is -1.95. The van der Waals surface area contributed by atoms with Crippen LogP contribution in [0.15, 0.2) is 47.1 Å². The number of oxazole rings is 1. The van der Waals surface area contributed by atoms with Crippen molar-refractivity contribution in [3.63, 3.8) is 0 Å². The SMILES string of the molecule is O=C([O-])CCCCCNC(=O)N(CCCS(=O)(=O)[O-])c1ccc2nc(-c3cc[n+](CCCS(=O)(=O)[O-])cc3)oc2c1.[Na+].[Na+]. The number of aliphatic carboxylic acids is 1. The molecule has 2 aromatic heterocycles. The fourth-order valence-electron chi connectivity index (χ4n) is 3.99. The van der Waals surface area contributed by atoms with Gasteiger partial charge >= 0.3 is 65.1 Å². The summed E-state index contributed by atoms with van der Waals surface area (Å²) in [4.78, 5) is 29.2. The maximum Gasteiger partial charge on any atom is 1.00 e. The second-order valence-electron chi connectivity index (χ2n) is 9.29. The van der Waals surface area contributed by atoms with E-state index in [4.69, 9.17) is 4.42 Å². The van der Waals surface area contributed by atoms with Crippen LogP contribution >= 0.6 is 0 Å². The van der Waals surface area contributed by atoms with E-state index in [0.29, 0.717) is 48.2 Å². The van der Waals surface area contributed by atoms with Gasteiger partial charge in [-0.3, -0.25) is 4.90 Å². The van der Waals surface area contributed by atoms with Gasteiger partial charge in [-0.2, -0.15) is 0 Å². The Hall–Kier alpha value is -1.60. The van der Waals surface area contributed by atoms with Gasteiger partial charge in [0.05, 0.1) is 20.2 Å². The maximum atomic E-state index is 12.9. The zero-order valence-corrected chi connectivity index (χ0v) is 29.7. The molecule has 14 nitrogen and oxygen atoms in total. The monoisotopic (exact) mass is 656 g/mol. The number of hydrogen-bond acceptors (Lipinski definition) is 11. The maximum absolute atomic E-state index is 12.9. The number of carbonyl (C=O) groups excluding carboxylic acids is 2. The molecule has 0 spiro atoms. The van der Waals surface area contributed by atoms with Crippen LogP contribution in [-0.2, 0) is 31.6 Å². The minimum absolute atomic E-state index is 0. The van der Waals surface area contributed by atoms with Crippen LogP contribution in [0.25, 0.3) is 22.6 Å². The number of carboxylic acid groups (broad SMARTS) is 1. The molecule has 0 fully saturated rings. The zero-order valence-electron chi connectivity index (χ0n) is 24.1. The molecule has 224 valence electrons. The van der Waals surface area contributed by atoms with E-state index in [1.807, 2.05) is 0 Å². The molecule has 0 radical (unpaired) electrons. The summed E-state index contributed by atoms with van der Waals surface area (Å²) in [6.07, 6.45) is 4.92. The Morgan fingerprint density at radius 3 is 2.19 bits per heavy atom. The van der Waals surface area contributed by atoms with Crippen LogP contribution in [0, 0.1) is 0 Å². The second kappa shape index (κ2) is 18.4. The third-order valence-electron chi connectivity index (χ3n) is 5.99. The van der Waals surface area contributed by atoms with Gasteiger partial charge in [-0.05, 0) is 37.8 Å². The average Bonchev–Trinajstić information content (AvgIpc) is 3.31. The van der Waals surface area contributed by atoms with E-state index < -0.39 is 43.7 Å². The number of aryl methyl sites for hydroxylation is 1. The molecular weight excluding hydrogens is 626 g/mol. The van der Waals surface area contributed by atoms with E-state index in [-0.39, 0.29) is 97.4 Å². The van der Waals surface area contributed by atoms with Crippen LogP contribution < -0.4 is 79.0 Å². The van der Waals surface area contributed by atoms with Crippen molar-refractivity contribution < 1.29 is 109 Å². The number of amides is 2. The van der Waals surface area contributed by atoms with Gasteiger partial charge in [0.1, 0.15) is 12.1 Å². The van der Waals surface area contributed by atoms with Gasteiger partial charge in [0, 0.05) is 66.4 Å². The van der Waals surface area contributed by atoms with E-state index in [9.17, 15) is 40.6 Å². The van der Waals surface area contributed by atoms with Crippen molar-refractivity contribution in [1.29, 1.82) is 0 Å². The molecule has 0 unspecified atom stereocenters. The normalized spacial score (nSPS) is 11.4. The van der Waals surface area contributed by atoms with Crippen molar-refractivity contribution in [2.24, 2.45) is 0 Å². The molecule has 3 rings (SSSR count). The van der Waals surface area contributed by atoms with Gasteiger partial charge in [0.2, 0.25) is 5.89 Å². The van der Waals surface area contributed by atoms with Gasteiger partial charge < -0.3 is 28.7 Å². The molecule has 0 saturated carbocycles. The van der Waals surface area contributed by atoms with Gasteiger partial charge in [0.25, 0.3) is 0 Å².